The van der Waals surface area contributed by atoms with Gasteiger partial charge in [0.15, 0.2) is 9.84 Å². The van der Waals surface area contributed by atoms with E-state index in [1.807, 2.05) is 36.6 Å². The van der Waals surface area contributed by atoms with Crippen molar-refractivity contribution in [2.75, 3.05) is 18.6 Å². The lowest BCUT2D eigenvalue weighted by atomic mass is 10.2. The highest BCUT2D eigenvalue weighted by atomic mass is 32.2. The van der Waals surface area contributed by atoms with Crippen molar-refractivity contribution in [1.82, 2.24) is 10.3 Å². The predicted octanol–water partition coefficient (Wildman–Crippen LogP) is 2.74. The third-order valence-corrected chi connectivity index (χ3v) is 8.18. The van der Waals surface area contributed by atoms with E-state index in [1.165, 1.54) is 11.8 Å². The normalized spacial score (nSPS) is 19.6. The second kappa shape index (κ2) is 8.62. The minimum Gasteiger partial charge on any atom is -0.497 e. The van der Waals surface area contributed by atoms with E-state index in [0.717, 1.165) is 22.0 Å². The van der Waals surface area contributed by atoms with Gasteiger partial charge in [-0.2, -0.15) is 0 Å². The van der Waals surface area contributed by atoms with Gasteiger partial charge in [0.05, 0.1) is 29.6 Å². The first-order valence-electron chi connectivity index (χ1n) is 8.57. The summed E-state index contributed by atoms with van der Waals surface area (Å²) < 4.78 is 28.2. The molecule has 0 saturated carbocycles. The number of rotatable bonds is 7. The highest BCUT2D eigenvalue weighted by molar-refractivity contribution is 7.99. The van der Waals surface area contributed by atoms with Crippen molar-refractivity contribution in [3.05, 3.63) is 35.3 Å². The SMILES string of the molecule is COc1cccc(-c2nc(CS[C@@H](C)C(=O)N[C@H]3CCS(=O)(=O)C3)cs2)c1. The summed E-state index contributed by atoms with van der Waals surface area (Å²) in [4.78, 5) is 16.9. The third kappa shape index (κ3) is 5.46. The molecule has 0 spiro atoms. The molecule has 3 rings (SSSR count). The summed E-state index contributed by atoms with van der Waals surface area (Å²) in [6.45, 7) is 1.83. The van der Waals surface area contributed by atoms with Crippen molar-refractivity contribution in [3.63, 3.8) is 0 Å². The molecule has 9 heteroatoms. The summed E-state index contributed by atoms with van der Waals surface area (Å²) in [5, 5.41) is 5.49. The van der Waals surface area contributed by atoms with Gasteiger partial charge in [0, 0.05) is 22.7 Å². The van der Waals surface area contributed by atoms with Crippen LogP contribution in [0.4, 0.5) is 0 Å². The molecular weight excluding hydrogens is 404 g/mol. The number of ether oxygens (including phenoxy) is 1. The Balaban J connectivity index is 1.52. The Hall–Kier alpha value is -1.58. The number of hydrogen-bond donors (Lipinski definition) is 1. The lowest BCUT2D eigenvalue weighted by Gasteiger charge is -2.15. The molecule has 27 heavy (non-hydrogen) atoms. The van der Waals surface area contributed by atoms with Crippen LogP contribution in [0.5, 0.6) is 5.75 Å². The fraction of sp³-hybridized carbons (Fsp3) is 0.444. The van der Waals surface area contributed by atoms with Crippen LogP contribution in [0, 0.1) is 0 Å². The monoisotopic (exact) mass is 426 g/mol. The lowest BCUT2D eigenvalue weighted by molar-refractivity contribution is -0.120. The summed E-state index contributed by atoms with van der Waals surface area (Å²) in [6.07, 6.45) is 0.501. The van der Waals surface area contributed by atoms with Gasteiger partial charge in [-0.25, -0.2) is 13.4 Å². The van der Waals surface area contributed by atoms with Gasteiger partial charge in [-0.05, 0) is 25.5 Å². The largest absolute Gasteiger partial charge is 0.497 e. The third-order valence-electron chi connectivity index (χ3n) is 4.30. The maximum atomic E-state index is 12.3. The number of aromatic nitrogens is 1. The number of thioether (sulfide) groups is 1. The number of carbonyl (C=O) groups excluding carboxylic acids is 1. The molecule has 1 N–H and O–H groups in total. The second-order valence-electron chi connectivity index (χ2n) is 6.44. The van der Waals surface area contributed by atoms with Gasteiger partial charge in [0.25, 0.3) is 0 Å². The Bertz CT molecular complexity index is 911. The fourth-order valence-electron chi connectivity index (χ4n) is 2.78. The van der Waals surface area contributed by atoms with Crippen LogP contribution < -0.4 is 10.1 Å². The zero-order chi connectivity index (χ0) is 19.4. The number of nitrogens with zero attached hydrogens (tertiary/aromatic N) is 1. The standard InChI is InChI=1S/C18H22N2O4S3/c1-12(17(21)19-14-6-7-27(22,23)11-14)25-9-15-10-26-18(20-15)13-4-3-5-16(8-13)24-2/h3-5,8,10,12,14H,6-7,9,11H2,1-2H3,(H,19,21)/t12-,14-/m0/s1. The zero-order valence-corrected chi connectivity index (χ0v) is 17.6. The number of amides is 1. The minimum atomic E-state index is -2.99. The van der Waals surface area contributed by atoms with Crippen LogP contribution in [0.3, 0.4) is 0 Å². The highest BCUT2D eigenvalue weighted by Gasteiger charge is 2.30. The molecule has 1 fully saturated rings. The molecule has 2 heterocycles. The first-order valence-corrected chi connectivity index (χ1v) is 12.3. The molecule has 1 saturated heterocycles. The molecule has 0 radical (unpaired) electrons. The maximum Gasteiger partial charge on any atom is 0.233 e. The van der Waals surface area contributed by atoms with E-state index in [4.69, 9.17) is 4.74 Å². The molecule has 0 unspecified atom stereocenters. The van der Waals surface area contributed by atoms with Crippen LogP contribution in [0.2, 0.25) is 0 Å². The van der Waals surface area contributed by atoms with Gasteiger partial charge in [-0.15, -0.1) is 23.1 Å². The molecule has 2 atom stereocenters. The smallest absolute Gasteiger partial charge is 0.233 e. The number of thiazole rings is 1. The molecule has 1 aliphatic rings. The molecule has 0 aliphatic carbocycles. The van der Waals surface area contributed by atoms with Crippen LogP contribution in [0.1, 0.15) is 19.0 Å². The number of nitrogens with one attached hydrogen (secondary N) is 1. The van der Waals surface area contributed by atoms with Gasteiger partial charge < -0.3 is 10.1 Å². The molecule has 1 amide bonds. The first-order chi connectivity index (χ1) is 12.9. The van der Waals surface area contributed by atoms with E-state index >= 15 is 0 Å². The minimum absolute atomic E-state index is 0.0477. The molecule has 1 aliphatic heterocycles. The molecule has 6 nitrogen and oxygen atoms in total. The molecule has 1 aromatic carbocycles. The van der Waals surface area contributed by atoms with Crippen molar-refractivity contribution in [2.24, 2.45) is 0 Å². The Morgan fingerprint density at radius 2 is 2.30 bits per heavy atom. The zero-order valence-electron chi connectivity index (χ0n) is 15.2. The first kappa shape index (κ1) is 20.2. The van der Waals surface area contributed by atoms with Gasteiger partial charge >= 0.3 is 0 Å². The van der Waals surface area contributed by atoms with E-state index in [0.29, 0.717) is 12.2 Å². The van der Waals surface area contributed by atoms with E-state index < -0.39 is 9.84 Å². The average molecular weight is 427 g/mol. The summed E-state index contributed by atoms with van der Waals surface area (Å²) in [5.74, 6) is 1.50. The number of hydrogen-bond acceptors (Lipinski definition) is 7. The van der Waals surface area contributed by atoms with Crippen molar-refractivity contribution >= 4 is 38.8 Å². The summed E-state index contributed by atoms with van der Waals surface area (Å²) in [5.41, 5.74) is 1.93. The highest BCUT2D eigenvalue weighted by Crippen LogP contribution is 2.28. The quantitative estimate of drug-likeness (QED) is 0.733. The summed E-state index contributed by atoms with van der Waals surface area (Å²) in [6, 6.07) is 7.50. The van der Waals surface area contributed by atoms with Crippen LogP contribution in [0.25, 0.3) is 10.6 Å². The summed E-state index contributed by atoms with van der Waals surface area (Å²) >= 11 is 3.06. The number of methoxy groups -OCH3 is 1. The average Bonchev–Trinajstić information content (AvgIpc) is 3.26. The van der Waals surface area contributed by atoms with Crippen molar-refractivity contribution in [1.29, 1.82) is 0 Å². The molecule has 0 bridgehead atoms. The van der Waals surface area contributed by atoms with Crippen molar-refractivity contribution in [2.45, 2.75) is 30.4 Å². The van der Waals surface area contributed by atoms with E-state index in [2.05, 4.69) is 10.3 Å². The molecule has 146 valence electrons. The van der Waals surface area contributed by atoms with E-state index in [9.17, 15) is 13.2 Å². The number of carbonyl (C=O) groups is 1. The van der Waals surface area contributed by atoms with Crippen LogP contribution >= 0.6 is 23.1 Å². The topological polar surface area (TPSA) is 85.4 Å². The Kier molecular flexibility index (Phi) is 6.44. The van der Waals surface area contributed by atoms with Crippen LogP contribution in [-0.2, 0) is 20.4 Å². The van der Waals surface area contributed by atoms with Crippen LogP contribution in [-0.4, -0.2) is 49.2 Å². The van der Waals surface area contributed by atoms with E-state index in [1.54, 1.807) is 18.4 Å². The molecular formula is C18H22N2O4S3. The maximum absolute atomic E-state index is 12.3. The predicted molar refractivity (Wildman–Crippen MR) is 110 cm³/mol. The number of sulfone groups is 1. The second-order valence-corrected chi connectivity index (χ2v) is 10.9. The lowest BCUT2D eigenvalue weighted by Crippen LogP contribution is -2.40. The summed E-state index contributed by atoms with van der Waals surface area (Å²) in [7, 11) is -1.35. The van der Waals surface area contributed by atoms with Crippen molar-refractivity contribution in [3.8, 4) is 16.3 Å². The van der Waals surface area contributed by atoms with Gasteiger partial charge in [0.1, 0.15) is 10.8 Å². The molecule has 1 aromatic heterocycles. The Labute approximate surface area is 167 Å². The van der Waals surface area contributed by atoms with E-state index in [-0.39, 0.29) is 28.7 Å². The van der Waals surface area contributed by atoms with Gasteiger partial charge in [-0.3, -0.25) is 4.79 Å². The van der Waals surface area contributed by atoms with Gasteiger partial charge in [-0.1, -0.05) is 12.1 Å². The van der Waals surface area contributed by atoms with Crippen molar-refractivity contribution < 1.29 is 17.9 Å². The van der Waals surface area contributed by atoms with Gasteiger partial charge in [0.2, 0.25) is 5.91 Å². The van der Waals surface area contributed by atoms with Crippen LogP contribution in [0.15, 0.2) is 29.6 Å². The Morgan fingerprint density at radius 1 is 1.48 bits per heavy atom. The Morgan fingerprint density at radius 3 is 3.00 bits per heavy atom. The number of benzene rings is 1. The fourth-order valence-corrected chi connectivity index (χ4v) is 6.16. The molecule has 2 aromatic rings.